The van der Waals surface area contributed by atoms with Crippen molar-refractivity contribution in [2.75, 3.05) is 11.9 Å². The lowest BCUT2D eigenvalue weighted by Crippen LogP contribution is -2.52. The molecule has 9 heteroatoms. The molecule has 0 saturated carbocycles. The first-order valence-electron chi connectivity index (χ1n) is 6.91. The molecule has 1 aliphatic rings. The number of benzene rings is 1. The molecule has 1 aromatic carbocycles. The van der Waals surface area contributed by atoms with Gasteiger partial charge in [-0.25, -0.2) is 4.79 Å². The zero-order chi connectivity index (χ0) is 17.3. The average molecular weight is 340 g/mol. The van der Waals surface area contributed by atoms with Crippen molar-refractivity contribution in [1.29, 1.82) is 0 Å². The Bertz CT molecular complexity index is 569. The molecule has 1 saturated heterocycles. The van der Waals surface area contributed by atoms with Crippen molar-refractivity contribution < 1.29 is 31.1 Å². The van der Waals surface area contributed by atoms with Crippen molar-refractivity contribution >= 4 is 11.7 Å². The smallest absolute Gasteiger partial charge is 0.312 e. The number of rotatable bonds is 1. The predicted octanol–water partition coefficient (Wildman–Crippen LogP) is 4.65. The van der Waals surface area contributed by atoms with Crippen molar-refractivity contribution in [1.82, 2.24) is 4.90 Å². The Kier molecular flexibility index (Phi) is 4.76. The van der Waals surface area contributed by atoms with Gasteiger partial charge >= 0.3 is 18.4 Å². The number of para-hydroxylation sites is 1. The number of hydrogen-bond donors (Lipinski definition) is 1. The molecule has 23 heavy (non-hydrogen) atoms. The summed E-state index contributed by atoms with van der Waals surface area (Å²) in [7, 11) is 0. The van der Waals surface area contributed by atoms with E-state index >= 15 is 0 Å². The van der Waals surface area contributed by atoms with Crippen LogP contribution in [0.1, 0.15) is 24.8 Å². The highest BCUT2D eigenvalue weighted by Crippen LogP contribution is 2.36. The minimum Gasteiger partial charge on any atom is -0.312 e. The van der Waals surface area contributed by atoms with E-state index < -0.39 is 35.7 Å². The fraction of sp³-hybridized carbons (Fsp3) is 0.500. The van der Waals surface area contributed by atoms with Gasteiger partial charge in [-0.05, 0) is 31.4 Å². The number of likely N-dealkylation sites (tertiary alicyclic amines) is 1. The minimum absolute atomic E-state index is 0.149. The average Bonchev–Trinajstić information content (AvgIpc) is 2.46. The molecule has 0 bridgehead atoms. The highest BCUT2D eigenvalue weighted by molar-refractivity contribution is 5.90. The lowest BCUT2D eigenvalue weighted by atomic mass is 10.0. The summed E-state index contributed by atoms with van der Waals surface area (Å²) in [6.07, 6.45) is -8.89. The van der Waals surface area contributed by atoms with Crippen LogP contribution in [0, 0.1) is 0 Å². The fourth-order valence-electron chi connectivity index (χ4n) is 2.54. The number of nitrogens with one attached hydrogen (secondary N) is 1. The van der Waals surface area contributed by atoms with Gasteiger partial charge in [0.2, 0.25) is 0 Å². The molecule has 0 aliphatic carbocycles. The van der Waals surface area contributed by atoms with Crippen LogP contribution < -0.4 is 5.32 Å². The number of urea groups is 1. The second-order valence-electron chi connectivity index (χ2n) is 5.22. The Morgan fingerprint density at radius 3 is 2.35 bits per heavy atom. The van der Waals surface area contributed by atoms with Crippen molar-refractivity contribution in [2.24, 2.45) is 0 Å². The lowest BCUT2D eigenvalue weighted by Gasteiger charge is -2.36. The Hall–Kier alpha value is -1.93. The Balaban J connectivity index is 2.22. The number of carbonyl (C=O) groups excluding carboxylic acids is 1. The summed E-state index contributed by atoms with van der Waals surface area (Å²) in [4.78, 5) is 12.6. The van der Waals surface area contributed by atoms with E-state index in [1.54, 1.807) is 0 Å². The predicted molar refractivity (Wildman–Crippen MR) is 70.9 cm³/mol. The summed E-state index contributed by atoms with van der Waals surface area (Å²) in [5, 5.41) is 1.96. The van der Waals surface area contributed by atoms with Gasteiger partial charge in [0.1, 0.15) is 6.04 Å². The quantitative estimate of drug-likeness (QED) is 0.741. The van der Waals surface area contributed by atoms with E-state index in [1.807, 2.05) is 5.32 Å². The van der Waals surface area contributed by atoms with E-state index in [2.05, 4.69) is 0 Å². The van der Waals surface area contributed by atoms with E-state index in [9.17, 15) is 31.1 Å². The lowest BCUT2D eigenvalue weighted by molar-refractivity contribution is -0.181. The van der Waals surface area contributed by atoms with Crippen molar-refractivity contribution in [3.8, 4) is 0 Å². The molecule has 1 aliphatic heterocycles. The highest BCUT2D eigenvalue weighted by Gasteiger charge is 2.46. The van der Waals surface area contributed by atoms with Gasteiger partial charge in [0, 0.05) is 6.54 Å². The molecule has 0 aromatic heterocycles. The molecule has 2 rings (SSSR count). The van der Waals surface area contributed by atoms with Crippen LogP contribution in [0.5, 0.6) is 0 Å². The summed E-state index contributed by atoms with van der Waals surface area (Å²) in [5.74, 6) is 0. The third-order valence-electron chi connectivity index (χ3n) is 3.62. The Labute approximate surface area is 128 Å². The summed E-state index contributed by atoms with van der Waals surface area (Å²) < 4.78 is 77.5. The number of hydrogen-bond acceptors (Lipinski definition) is 1. The van der Waals surface area contributed by atoms with Gasteiger partial charge in [0.15, 0.2) is 0 Å². The third kappa shape index (κ3) is 4.08. The van der Waals surface area contributed by atoms with Crippen molar-refractivity contribution in [2.45, 2.75) is 37.7 Å². The Morgan fingerprint density at radius 1 is 1.09 bits per heavy atom. The molecule has 1 aromatic rings. The van der Waals surface area contributed by atoms with Gasteiger partial charge in [-0.15, -0.1) is 0 Å². The largest absolute Gasteiger partial charge is 0.418 e. The van der Waals surface area contributed by atoms with Crippen LogP contribution in [0.2, 0.25) is 0 Å². The van der Waals surface area contributed by atoms with Gasteiger partial charge in [-0.3, -0.25) is 0 Å². The normalized spacial score (nSPS) is 19.6. The van der Waals surface area contributed by atoms with Gasteiger partial charge in [0.05, 0.1) is 11.3 Å². The van der Waals surface area contributed by atoms with Crippen molar-refractivity contribution in [3.63, 3.8) is 0 Å². The van der Waals surface area contributed by atoms with Gasteiger partial charge in [-0.1, -0.05) is 12.1 Å². The van der Waals surface area contributed by atoms with Gasteiger partial charge in [0.25, 0.3) is 0 Å². The van der Waals surface area contributed by atoms with Gasteiger partial charge < -0.3 is 10.2 Å². The molecule has 1 N–H and O–H groups in total. The van der Waals surface area contributed by atoms with Crippen LogP contribution in [-0.4, -0.2) is 29.7 Å². The first-order chi connectivity index (χ1) is 10.6. The van der Waals surface area contributed by atoms with E-state index in [4.69, 9.17) is 0 Å². The SMILES string of the molecule is O=C(Nc1ccccc1C(F)(F)F)N1CCCCC1C(F)(F)F. The van der Waals surface area contributed by atoms with Gasteiger partial charge in [-0.2, -0.15) is 26.3 Å². The molecule has 3 nitrogen and oxygen atoms in total. The summed E-state index contributed by atoms with van der Waals surface area (Å²) in [5.41, 5.74) is -1.66. The zero-order valence-corrected chi connectivity index (χ0v) is 11.8. The molecule has 0 spiro atoms. The topological polar surface area (TPSA) is 32.3 Å². The highest BCUT2D eigenvalue weighted by atomic mass is 19.4. The number of amides is 2. The fourth-order valence-corrected chi connectivity index (χ4v) is 2.54. The van der Waals surface area contributed by atoms with Crippen LogP contribution >= 0.6 is 0 Å². The van der Waals surface area contributed by atoms with E-state index in [1.165, 1.54) is 6.07 Å². The second-order valence-corrected chi connectivity index (χ2v) is 5.22. The van der Waals surface area contributed by atoms with Crippen LogP contribution in [0.15, 0.2) is 24.3 Å². The van der Waals surface area contributed by atoms with E-state index in [0.717, 1.165) is 18.2 Å². The minimum atomic E-state index is -4.71. The maximum atomic E-state index is 13.0. The molecule has 2 amide bonds. The summed E-state index contributed by atoms with van der Waals surface area (Å²) in [6, 6.07) is 1.01. The second kappa shape index (κ2) is 6.29. The Morgan fingerprint density at radius 2 is 1.74 bits per heavy atom. The molecular formula is C14H14F6N2O. The molecule has 1 fully saturated rings. The summed E-state index contributed by atoms with van der Waals surface area (Å²) >= 11 is 0. The van der Waals surface area contributed by atoms with Crippen molar-refractivity contribution in [3.05, 3.63) is 29.8 Å². The number of alkyl halides is 6. The molecule has 0 radical (unpaired) electrons. The van der Waals surface area contributed by atoms with Crippen LogP contribution in [0.4, 0.5) is 36.8 Å². The molecule has 1 atom stereocenters. The van der Waals surface area contributed by atoms with E-state index in [-0.39, 0.29) is 13.0 Å². The first kappa shape index (κ1) is 17.4. The van der Waals surface area contributed by atoms with Crippen LogP contribution in [0.25, 0.3) is 0 Å². The number of halogens is 6. The number of anilines is 1. The molecule has 1 unspecified atom stereocenters. The van der Waals surface area contributed by atoms with Crippen LogP contribution in [-0.2, 0) is 6.18 Å². The summed E-state index contributed by atoms with van der Waals surface area (Å²) in [6.45, 7) is -0.149. The first-order valence-corrected chi connectivity index (χ1v) is 6.91. The molecule has 128 valence electrons. The maximum Gasteiger partial charge on any atom is 0.418 e. The number of nitrogens with zero attached hydrogens (tertiary/aromatic N) is 1. The standard InChI is InChI=1S/C14H14F6N2O/c15-13(16,17)9-5-1-2-6-10(9)21-12(23)22-8-4-3-7-11(22)14(18,19)20/h1-2,5-6,11H,3-4,7-8H2,(H,21,23). The number of piperidine rings is 1. The van der Waals surface area contributed by atoms with Crippen LogP contribution in [0.3, 0.4) is 0 Å². The number of carbonyl (C=O) groups is 1. The molecular weight excluding hydrogens is 326 g/mol. The third-order valence-corrected chi connectivity index (χ3v) is 3.62. The maximum absolute atomic E-state index is 13.0. The monoisotopic (exact) mass is 340 g/mol. The molecule has 1 heterocycles. The van der Waals surface area contributed by atoms with E-state index in [0.29, 0.717) is 17.7 Å². The zero-order valence-electron chi connectivity index (χ0n) is 11.8.